The van der Waals surface area contributed by atoms with E-state index < -0.39 is 5.41 Å². The smallest absolute Gasteiger partial charge is 0.0934 e. The Balaban J connectivity index is -0.000000193. The summed E-state index contributed by atoms with van der Waals surface area (Å²) in [6, 6.07) is 7.45. The first kappa shape index (κ1) is 36.6. The first-order valence-electron chi connectivity index (χ1n) is 5.56. The minimum Gasteiger partial charge on any atom is -0.351 e. The fourth-order valence-electron chi connectivity index (χ4n) is 1.22. The summed E-state index contributed by atoms with van der Waals surface area (Å²) in [4.78, 5) is 23.3. The van der Waals surface area contributed by atoms with Crippen LogP contribution in [0.15, 0.2) is 24.3 Å². The van der Waals surface area contributed by atoms with Gasteiger partial charge in [-0.1, -0.05) is 39.0 Å². The molecule has 0 atom stereocenters. The van der Waals surface area contributed by atoms with Gasteiger partial charge in [-0.25, -0.2) is 6.42 Å². The molecule has 0 unspecified atom stereocenters. The molecule has 0 aliphatic heterocycles. The first-order chi connectivity index (χ1) is 7.80. The summed E-state index contributed by atoms with van der Waals surface area (Å²) in [5.41, 5.74) is 1.18. The monoisotopic (exact) mass is 677 g/mol. The Bertz CT molecular complexity index is 447. The summed E-state index contributed by atoms with van der Waals surface area (Å²) >= 11 is 0. The van der Waals surface area contributed by atoms with Crippen molar-refractivity contribution in [2.45, 2.75) is 27.7 Å². The van der Waals surface area contributed by atoms with Gasteiger partial charge in [-0.3, -0.25) is 0 Å². The van der Waals surface area contributed by atoms with Gasteiger partial charge in [-0.15, -0.1) is 0 Å². The molecule has 0 fully saturated rings. The largest absolute Gasteiger partial charge is 0.351 e. The van der Waals surface area contributed by atoms with Gasteiger partial charge in [0.25, 0.3) is 0 Å². The van der Waals surface area contributed by atoms with Gasteiger partial charge in [0, 0.05) is 175 Å². The van der Waals surface area contributed by atoms with E-state index in [1.807, 2.05) is 31.2 Å². The third-order valence-electron chi connectivity index (χ3n) is 2.40. The SMILES string of the molecule is Cc1ccccc1NC(=O)[CH-]C(=O)C(C)(C)C.[Y].[Y].[Y].[Y].[Y]. The number of hydrogen-bond donors (Lipinski definition) is 1. The van der Waals surface area contributed by atoms with Crippen LogP contribution in [0.25, 0.3) is 0 Å². The summed E-state index contributed by atoms with van der Waals surface area (Å²) in [7, 11) is 0. The van der Waals surface area contributed by atoms with Crippen LogP contribution in [0.4, 0.5) is 5.69 Å². The Morgan fingerprint density at radius 2 is 1.41 bits per heavy atom. The number of carbonyl (C=O) groups is 2. The molecule has 0 heterocycles. The first-order valence-corrected chi connectivity index (χ1v) is 5.56. The molecule has 8 heteroatoms. The quantitative estimate of drug-likeness (QED) is 0.396. The van der Waals surface area contributed by atoms with Gasteiger partial charge in [-0.2, -0.15) is 0 Å². The van der Waals surface area contributed by atoms with Gasteiger partial charge in [-0.05, 0) is 24.0 Å². The van der Waals surface area contributed by atoms with Gasteiger partial charge in [0.05, 0.1) is 5.91 Å². The van der Waals surface area contributed by atoms with E-state index in [-0.39, 0.29) is 175 Å². The Labute approximate surface area is 259 Å². The number of Topliss-reactive ketones (excluding diaryl/α,β-unsaturated/α-hetero) is 1. The Morgan fingerprint density at radius 1 is 0.955 bits per heavy atom. The van der Waals surface area contributed by atoms with Crippen molar-refractivity contribution in [1.29, 1.82) is 0 Å². The second kappa shape index (κ2) is 18.1. The summed E-state index contributed by atoms with van der Waals surface area (Å²) in [6.07, 6.45) is 1.12. The molecule has 1 aromatic carbocycles. The fourth-order valence-corrected chi connectivity index (χ4v) is 1.22. The van der Waals surface area contributed by atoms with E-state index >= 15 is 0 Å². The molecule has 0 saturated carbocycles. The second-order valence-corrected chi connectivity index (χ2v) is 5.06. The Kier molecular flexibility index (Phi) is 30.2. The molecule has 3 nitrogen and oxygen atoms in total. The van der Waals surface area contributed by atoms with Crippen molar-refractivity contribution in [2.24, 2.45) is 5.41 Å². The summed E-state index contributed by atoms with van der Waals surface area (Å²) < 4.78 is 0. The molecule has 0 saturated heterocycles. The van der Waals surface area contributed by atoms with Crippen LogP contribution in [-0.4, -0.2) is 11.7 Å². The third kappa shape index (κ3) is 14.9. The molecule has 5 radical (unpaired) electrons. The van der Waals surface area contributed by atoms with E-state index in [4.69, 9.17) is 0 Å². The van der Waals surface area contributed by atoms with Gasteiger partial charge in [0.15, 0.2) is 0 Å². The number of carbonyl (C=O) groups excluding carboxylic acids is 2. The Hall–Kier alpha value is 3.75. The molecular weight excluding hydrogens is 659 g/mol. The van der Waals surface area contributed by atoms with Crippen molar-refractivity contribution in [3.05, 3.63) is 36.2 Å². The third-order valence-corrected chi connectivity index (χ3v) is 2.40. The van der Waals surface area contributed by atoms with Crippen molar-refractivity contribution < 1.29 is 173 Å². The van der Waals surface area contributed by atoms with Crippen LogP contribution >= 0.6 is 0 Å². The van der Waals surface area contributed by atoms with Crippen molar-refractivity contribution >= 4 is 17.4 Å². The second-order valence-electron chi connectivity index (χ2n) is 5.06. The van der Waals surface area contributed by atoms with E-state index in [1.165, 1.54) is 0 Å². The number of rotatable bonds is 3. The van der Waals surface area contributed by atoms with Gasteiger partial charge >= 0.3 is 0 Å². The van der Waals surface area contributed by atoms with E-state index in [9.17, 15) is 9.59 Å². The van der Waals surface area contributed by atoms with Crippen molar-refractivity contribution in [3.63, 3.8) is 0 Å². The van der Waals surface area contributed by atoms with Crippen LogP contribution in [0.5, 0.6) is 0 Å². The number of amides is 1. The maximum Gasteiger partial charge on any atom is 0.0934 e. The predicted molar refractivity (Wildman–Crippen MR) is 68.6 cm³/mol. The number of para-hydroxylation sites is 1. The van der Waals surface area contributed by atoms with Crippen LogP contribution < -0.4 is 5.32 Å². The molecule has 22 heavy (non-hydrogen) atoms. The summed E-state index contributed by atoms with van der Waals surface area (Å²) in [6.45, 7) is 7.26. The normalized spacial score (nSPS) is 8.36. The minimum atomic E-state index is -0.525. The van der Waals surface area contributed by atoms with E-state index in [0.717, 1.165) is 17.7 Å². The summed E-state index contributed by atoms with van der Waals surface area (Å²) in [5.74, 6) is -0.553. The van der Waals surface area contributed by atoms with E-state index in [1.54, 1.807) is 20.8 Å². The topological polar surface area (TPSA) is 46.2 Å². The zero-order valence-electron chi connectivity index (χ0n) is 13.6. The van der Waals surface area contributed by atoms with E-state index in [0.29, 0.717) is 0 Å². The average molecular weight is 677 g/mol. The number of hydrogen-bond acceptors (Lipinski definition) is 2. The molecule has 1 rings (SSSR count). The van der Waals surface area contributed by atoms with Crippen LogP contribution in [0.1, 0.15) is 26.3 Å². The number of nitrogens with one attached hydrogen (secondary N) is 1. The van der Waals surface area contributed by atoms with Gasteiger partial charge < -0.3 is 14.9 Å². The average Bonchev–Trinajstić information content (AvgIpc) is 2.20. The van der Waals surface area contributed by atoms with Crippen molar-refractivity contribution in [3.8, 4) is 0 Å². The predicted octanol–water partition coefficient (Wildman–Crippen LogP) is 2.74. The molecule has 0 bridgehead atoms. The molecule has 1 amide bonds. The zero-order chi connectivity index (χ0) is 13.1. The molecule has 107 valence electrons. The molecular formula is C14H18NO2Y5-. The number of aryl methyl sites for hydroxylation is 1. The molecule has 1 N–H and O–H groups in total. The molecule has 1 aromatic rings. The zero-order valence-corrected chi connectivity index (χ0v) is 27.8. The maximum absolute atomic E-state index is 11.6. The molecule has 0 aliphatic rings. The minimum absolute atomic E-state index is 0. The summed E-state index contributed by atoms with van der Waals surface area (Å²) in [5, 5.41) is 2.70. The molecule has 0 spiro atoms. The standard InChI is InChI=1S/C14H18NO2.5Y/c1-10-7-5-6-8-11(10)15-13(17)9-12(16)14(2,3)4;;;;;/h5-9H,1-4H3,(H,15,17);;;;;/q-1;;;;;. The van der Waals surface area contributed by atoms with Crippen LogP contribution in [0.2, 0.25) is 0 Å². The maximum atomic E-state index is 11.6. The van der Waals surface area contributed by atoms with Gasteiger partial charge in [0.2, 0.25) is 0 Å². The number of ketones is 1. The fraction of sp³-hybridized carbons (Fsp3) is 0.357. The van der Waals surface area contributed by atoms with E-state index in [2.05, 4.69) is 5.32 Å². The molecule has 0 aromatic heterocycles. The number of benzene rings is 1. The molecule has 0 aliphatic carbocycles. The number of anilines is 1. The van der Waals surface area contributed by atoms with Gasteiger partial charge in [0.1, 0.15) is 0 Å². The van der Waals surface area contributed by atoms with Crippen LogP contribution in [-0.2, 0) is 173 Å². The van der Waals surface area contributed by atoms with Crippen LogP contribution in [0.3, 0.4) is 0 Å². The Morgan fingerprint density at radius 3 is 1.82 bits per heavy atom. The van der Waals surface area contributed by atoms with Crippen LogP contribution in [0, 0.1) is 18.8 Å². The van der Waals surface area contributed by atoms with Crippen molar-refractivity contribution in [1.82, 2.24) is 0 Å². The van der Waals surface area contributed by atoms with Crippen molar-refractivity contribution in [2.75, 3.05) is 5.32 Å².